The fraction of sp³-hybridized carbons (Fsp3) is 0.500. The molecule has 0 bridgehead atoms. The largest absolute Gasteiger partial charge is 0.379 e. The minimum atomic E-state index is -0.314. The van der Waals surface area contributed by atoms with Crippen molar-refractivity contribution >= 4 is 17.4 Å². The van der Waals surface area contributed by atoms with Gasteiger partial charge < -0.3 is 14.5 Å². The Labute approximate surface area is 133 Å². The highest BCUT2D eigenvalue weighted by molar-refractivity contribution is 6.29. The zero-order valence-corrected chi connectivity index (χ0v) is 13.2. The average molecular weight is 325 g/mol. The Morgan fingerprint density at radius 1 is 1.45 bits per heavy atom. The van der Waals surface area contributed by atoms with Gasteiger partial charge in [0.2, 0.25) is 0 Å². The van der Waals surface area contributed by atoms with Crippen molar-refractivity contribution in [3.8, 4) is 0 Å². The fourth-order valence-corrected chi connectivity index (χ4v) is 3.17. The SMILES string of the molecule is COC1CC([N+](=O)[O-])=C2N(CCN2c2nc(Cl)ccc2C)C1. The Morgan fingerprint density at radius 2 is 2.23 bits per heavy atom. The van der Waals surface area contributed by atoms with E-state index in [1.54, 1.807) is 13.2 Å². The molecule has 2 aliphatic rings. The van der Waals surface area contributed by atoms with Crippen LogP contribution in [0, 0.1) is 17.0 Å². The first-order valence-electron chi connectivity index (χ1n) is 7.07. The summed E-state index contributed by atoms with van der Waals surface area (Å²) in [6, 6.07) is 3.60. The summed E-state index contributed by atoms with van der Waals surface area (Å²) < 4.78 is 5.33. The third-order valence-corrected chi connectivity index (χ3v) is 4.31. The zero-order valence-electron chi connectivity index (χ0n) is 12.5. The number of halogens is 1. The maximum Gasteiger partial charge on any atom is 0.289 e. The van der Waals surface area contributed by atoms with E-state index in [9.17, 15) is 10.1 Å². The average Bonchev–Trinajstić information content (AvgIpc) is 2.92. The summed E-state index contributed by atoms with van der Waals surface area (Å²) in [7, 11) is 1.59. The lowest BCUT2D eigenvalue weighted by Crippen LogP contribution is -2.39. The smallest absolute Gasteiger partial charge is 0.289 e. The highest BCUT2D eigenvalue weighted by Crippen LogP contribution is 2.35. The third kappa shape index (κ3) is 2.50. The number of methoxy groups -OCH3 is 1. The molecule has 8 heteroatoms. The van der Waals surface area contributed by atoms with Crippen LogP contribution in [0.3, 0.4) is 0 Å². The minimum Gasteiger partial charge on any atom is -0.379 e. The second-order valence-electron chi connectivity index (χ2n) is 5.46. The first-order valence-corrected chi connectivity index (χ1v) is 7.45. The highest BCUT2D eigenvalue weighted by atomic mass is 35.5. The van der Waals surface area contributed by atoms with Crippen molar-refractivity contribution in [3.63, 3.8) is 0 Å². The van der Waals surface area contributed by atoms with Crippen LogP contribution >= 0.6 is 11.6 Å². The van der Waals surface area contributed by atoms with Gasteiger partial charge in [0.15, 0.2) is 5.82 Å². The Morgan fingerprint density at radius 3 is 2.91 bits per heavy atom. The lowest BCUT2D eigenvalue weighted by molar-refractivity contribution is -0.433. The number of anilines is 1. The quantitative estimate of drug-likeness (QED) is 0.481. The second-order valence-corrected chi connectivity index (χ2v) is 5.85. The molecule has 1 aromatic heterocycles. The van der Waals surface area contributed by atoms with Gasteiger partial charge in [-0.1, -0.05) is 17.7 Å². The number of nitrogens with zero attached hydrogens (tertiary/aromatic N) is 4. The van der Waals surface area contributed by atoms with Gasteiger partial charge in [-0.15, -0.1) is 0 Å². The van der Waals surface area contributed by atoms with E-state index in [0.717, 1.165) is 5.56 Å². The van der Waals surface area contributed by atoms with Gasteiger partial charge in [0.25, 0.3) is 5.70 Å². The Bertz CT molecular complexity index is 649. The van der Waals surface area contributed by atoms with Gasteiger partial charge in [0.1, 0.15) is 11.0 Å². The monoisotopic (exact) mass is 324 g/mol. The van der Waals surface area contributed by atoms with Crippen LogP contribution in [0.15, 0.2) is 23.7 Å². The number of nitro groups is 1. The summed E-state index contributed by atoms with van der Waals surface area (Å²) in [5, 5.41) is 11.9. The molecule has 118 valence electrons. The molecule has 22 heavy (non-hydrogen) atoms. The first-order chi connectivity index (χ1) is 10.5. The molecule has 3 rings (SSSR count). The molecule has 0 saturated carbocycles. The van der Waals surface area contributed by atoms with Gasteiger partial charge in [-0.2, -0.15) is 0 Å². The minimum absolute atomic E-state index is 0.155. The summed E-state index contributed by atoms with van der Waals surface area (Å²) in [6.07, 6.45) is 0.142. The van der Waals surface area contributed by atoms with Crippen molar-refractivity contribution < 1.29 is 9.66 Å². The summed E-state index contributed by atoms with van der Waals surface area (Å²) in [6.45, 7) is 3.94. The fourth-order valence-electron chi connectivity index (χ4n) is 3.02. The van der Waals surface area contributed by atoms with E-state index in [4.69, 9.17) is 16.3 Å². The molecular weight excluding hydrogens is 308 g/mol. The molecule has 1 aromatic rings. The number of fused-ring (bicyclic) bond motifs is 1. The van der Waals surface area contributed by atoms with Crippen LogP contribution in [0.5, 0.6) is 0 Å². The van der Waals surface area contributed by atoms with E-state index in [1.807, 2.05) is 22.8 Å². The van der Waals surface area contributed by atoms with Gasteiger partial charge >= 0.3 is 0 Å². The maximum absolute atomic E-state index is 11.5. The summed E-state index contributed by atoms with van der Waals surface area (Å²) >= 11 is 5.99. The standard InChI is InChI=1S/C14H17ClN4O3/c1-9-3-4-12(15)16-13(9)18-6-5-17-8-10(22-2)7-11(14(17)18)19(20)21/h3-4,10H,5-8H2,1-2H3. The van der Waals surface area contributed by atoms with Crippen molar-refractivity contribution in [1.29, 1.82) is 0 Å². The molecule has 0 radical (unpaired) electrons. The number of aryl methyl sites for hydroxylation is 1. The van der Waals surface area contributed by atoms with Gasteiger partial charge in [-0.25, -0.2) is 4.98 Å². The number of hydrogen-bond acceptors (Lipinski definition) is 6. The van der Waals surface area contributed by atoms with Gasteiger partial charge in [0, 0.05) is 26.7 Å². The van der Waals surface area contributed by atoms with Crippen LogP contribution in [0.2, 0.25) is 5.15 Å². The predicted octanol–water partition coefficient (Wildman–Crippen LogP) is 2.03. The molecule has 1 unspecified atom stereocenters. The zero-order chi connectivity index (χ0) is 15.9. The molecule has 1 fully saturated rings. The van der Waals surface area contributed by atoms with Crippen LogP contribution < -0.4 is 4.90 Å². The van der Waals surface area contributed by atoms with Crippen LogP contribution in [0.4, 0.5) is 5.82 Å². The maximum atomic E-state index is 11.5. The lowest BCUT2D eigenvalue weighted by atomic mass is 10.1. The summed E-state index contributed by atoms with van der Waals surface area (Å²) in [5.41, 5.74) is 1.12. The third-order valence-electron chi connectivity index (χ3n) is 4.10. The molecule has 0 amide bonds. The van der Waals surface area contributed by atoms with Crippen molar-refractivity contribution in [1.82, 2.24) is 9.88 Å². The number of rotatable bonds is 3. The molecule has 0 spiro atoms. The lowest BCUT2D eigenvalue weighted by Gasteiger charge is -2.31. The van der Waals surface area contributed by atoms with Gasteiger partial charge in [-0.3, -0.25) is 10.1 Å². The normalized spacial score (nSPS) is 21.3. The van der Waals surface area contributed by atoms with E-state index in [1.165, 1.54) is 0 Å². The van der Waals surface area contributed by atoms with Gasteiger partial charge in [0.05, 0.1) is 17.4 Å². The van der Waals surface area contributed by atoms with E-state index in [0.29, 0.717) is 42.8 Å². The predicted molar refractivity (Wildman–Crippen MR) is 82.3 cm³/mol. The van der Waals surface area contributed by atoms with Crippen molar-refractivity contribution in [2.24, 2.45) is 0 Å². The van der Waals surface area contributed by atoms with E-state index in [-0.39, 0.29) is 16.7 Å². The summed E-state index contributed by atoms with van der Waals surface area (Å²) in [5.74, 6) is 1.30. The second kappa shape index (κ2) is 5.73. The van der Waals surface area contributed by atoms with Crippen LogP contribution in [0.1, 0.15) is 12.0 Å². The Balaban J connectivity index is 2.07. The number of ether oxygens (including phenoxy) is 1. The van der Waals surface area contributed by atoms with Crippen molar-refractivity contribution in [3.05, 3.63) is 44.5 Å². The Kier molecular flexibility index (Phi) is 3.92. The highest BCUT2D eigenvalue weighted by Gasteiger charge is 2.41. The van der Waals surface area contributed by atoms with Crippen LogP contribution in [-0.4, -0.2) is 47.7 Å². The molecular formula is C14H17ClN4O3. The molecule has 2 aliphatic heterocycles. The summed E-state index contributed by atoms with van der Waals surface area (Å²) in [4.78, 5) is 19.4. The van der Waals surface area contributed by atoms with E-state index in [2.05, 4.69) is 4.98 Å². The van der Waals surface area contributed by atoms with Crippen molar-refractivity contribution in [2.45, 2.75) is 19.4 Å². The molecule has 0 aliphatic carbocycles. The molecule has 7 nitrogen and oxygen atoms in total. The van der Waals surface area contributed by atoms with Gasteiger partial charge in [-0.05, 0) is 18.6 Å². The molecule has 3 heterocycles. The molecule has 1 saturated heterocycles. The van der Waals surface area contributed by atoms with Crippen LogP contribution in [-0.2, 0) is 4.74 Å². The number of hydrogen-bond donors (Lipinski definition) is 0. The van der Waals surface area contributed by atoms with E-state index < -0.39 is 0 Å². The number of pyridine rings is 1. The first kappa shape index (κ1) is 15.1. The molecule has 0 aromatic carbocycles. The van der Waals surface area contributed by atoms with Crippen molar-refractivity contribution in [2.75, 3.05) is 31.6 Å². The number of aromatic nitrogens is 1. The Hall–Kier alpha value is -1.86. The van der Waals surface area contributed by atoms with Crippen LogP contribution in [0.25, 0.3) is 0 Å². The van der Waals surface area contributed by atoms with E-state index >= 15 is 0 Å². The molecule has 0 N–H and O–H groups in total. The molecule has 1 atom stereocenters. The topological polar surface area (TPSA) is 71.7 Å².